The summed E-state index contributed by atoms with van der Waals surface area (Å²) < 4.78 is 16.6. The summed E-state index contributed by atoms with van der Waals surface area (Å²) >= 11 is 0. The Labute approximate surface area is 351 Å². The Morgan fingerprint density at radius 2 is 0.684 bits per heavy atom. The molecule has 0 saturated heterocycles. The minimum atomic E-state index is -0.790. The normalized spacial score (nSPS) is 12.5. The Morgan fingerprint density at radius 1 is 0.368 bits per heavy atom. The van der Waals surface area contributed by atoms with E-state index in [0.717, 1.165) is 77.0 Å². The highest BCUT2D eigenvalue weighted by atomic mass is 16.6. The molecule has 57 heavy (non-hydrogen) atoms. The van der Waals surface area contributed by atoms with E-state index >= 15 is 0 Å². The average Bonchev–Trinajstić information content (AvgIpc) is 3.21. The van der Waals surface area contributed by atoms with Gasteiger partial charge in [-0.2, -0.15) is 0 Å². The van der Waals surface area contributed by atoms with Crippen molar-refractivity contribution < 1.29 is 28.6 Å². The van der Waals surface area contributed by atoms with E-state index in [1.807, 2.05) is 0 Å². The third kappa shape index (κ3) is 44.1. The number of hydrogen-bond donors (Lipinski definition) is 0. The summed E-state index contributed by atoms with van der Waals surface area (Å²) in [6.07, 6.45) is 55.1. The van der Waals surface area contributed by atoms with Crippen LogP contribution in [0.15, 0.2) is 60.8 Å². The van der Waals surface area contributed by atoms with E-state index in [1.54, 1.807) is 0 Å². The van der Waals surface area contributed by atoms with Crippen LogP contribution in [0.4, 0.5) is 0 Å². The standard InChI is InChI=1S/C51H88O6/c1-4-7-10-13-16-18-20-22-24-25-27-28-30-32-35-38-41-44-50(53)56-47-48(46-55-49(52)43-40-37-34-15-12-9-6-3)57-51(54)45-42-39-36-33-31-29-26-23-21-19-17-14-11-8-5-2/h7,10,16,18,22,24,27-28,32,35,48H,4-6,8-9,11-15,17,19-21,23,25-26,29-31,33-34,36-47H2,1-3H3/b10-7-,18-16-,24-22-,28-27-,35-32-. The van der Waals surface area contributed by atoms with Crippen molar-refractivity contribution in [2.75, 3.05) is 13.2 Å². The number of carbonyl (C=O) groups excluding carboxylic acids is 3. The van der Waals surface area contributed by atoms with E-state index in [4.69, 9.17) is 14.2 Å². The van der Waals surface area contributed by atoms with Gasteiger partial charge in [0, 0.05) is 19.3 Å². The van der Waals surface area contributed by atoms with Gasteiger partial charge >= 0.3 is 17.9 Å². The third-order valence-corrected chi connectivity index (χ3v) is 10.0. The van der Waals surface area contributed by atoms with Crippen LogP contribution in [0.1, 0.15) is 226 Å². The number of unbranched alkanes of at least 4 members (excludes halogenated alkanes) is 21. The van der Waals surface area contributed by atoms with Gasteiger partial charge in [0.05, 0.1) is 0 Å². The molecule has 0 rings (SSSR count). The second kappa shape index (κ2) is 45.8. The van der Waals surface area contributed by atoms with Crippen LogP contribution in [0.2, 0.25) is 0 Å². The largest absolute Gasteiger partial charge is 0.462 e. The zero-order valence-electron chi connectivity index (χ0n) is 37.3. The molecule has 0 N–H and O–H groups in total. The lowest BCUT2D eigenvalue weighted by Crippen LogP contribution is -2.30. The Morgan fingerprint density at radius 3 is 1.07 bits per heavy atom. The number of allylic oxidation sites excluding steroid dienone is 10. The lowest BCUT2D eigenvalue weighted by molar-refractivity contribution is -0.167. The van der Waals surface area contributed by atoms with Crippen molar-refractivity contribution in [3.05, 3.63) is 60.8 Å². The zero-order valence-corrected chi connectivity index (χ0v) is 37.3. The molecule has 0 aliphatic heterocycles. The van der Waals surface area contributed by atoms with Crippen molar-refractivity contribution in [3.63, 3.8) is 0 Å². The quantitative estimate of drug-likeness (QED) is 0.0265. The molecule has 6 nitrogen and oxygen atoms in total. The van der Waals surface area contributed by atoms with E-state index in [-0.39, 0.29) is 37.5 Å². The van der Waals surface area contributed by atoms with Gasteiger partial charge < -0.3 is 14.2 Å². The van der Waals surface area contributed by atoms with Gasteiger partial charge in [0.25, 0.3) is 0 Å². The van der Waals surface area contributed by atoms with Crippen molar-refractivity contribution in [2.45, 2.75) is 232 Å². The molecule has 0 aromatic carbocycles. The van der Waals surface area contributed by atoms with Crippen molar-refractivity contribution >= 4 is 17.9 Å². The molecule has 0 aromatic heterocycles. The highest BCUT2D eigenvalue weighted by Crippen LogP contribution is 2.15. The summed E-state index contributed by atoms with van der Waals surface area (Å²) in [5.41, 5.74) is 0. The number of ether oxygens (including phenoxy) is 3. The van der Waals surface area contributed by atoms with E-state index in [0.29, 0.717) is 19.3 Å². The Hall–Kier alpha value is -2.89. The maximum atomic E-state index is 12.7. The molecule has 0 radical (unpaired) electrons. The van der Waals surface area contributed by atoms with E-state index in [1.165, 1.54) is 103 Å². The SMILES string of the molecule is CC/C=C\C/C=C\C/C=C\C/C=C\C/C=C\CCCC(=O)OCC(COC(=O)CCCCCCCCC)OC(=O)CCCCCCCCCCCCCCCCC. The maximum Gasteiger partial charge on any atom is 0.306 e. The summed E-state index contributed by atoms with van der Waals surface area (Å²) in [5.74, 6) is -0.956. The molecule has 0 aromatic rings. The molecule has 0 aliphatic carbocycles. The highest BCUT2D eigenvalue weighted by Gasteiger charge is 2.19. The molecule has 1 unspecified atom stereocenters. The molecule has 328 valence electrons. The van der Waals surface area contributed by atoms with Crippen molar-refractivity contribution in [1.29, 1.82) is 0 Å². The zero-order chi connectivity index (χ0) is 41.5. The highest BCUT2D eigenvalue weighted by molar-refractivity contribution is 5.71. The lowest BCUT2D eigenvalue weighted by atomic mass is 10.0. The fourth-order valence-electron chi connectivity index (χ4n) is 6.48. The van der Waals surface area contributed by atoms with Gasteiger partial charge in [-0.15, -0.1) is 0 Å². The smallest absolute Gasteiger partial charge is 0.306 e. The molecule has 0 fully saturated rings. The minimum Gasteiger partial charge on any atom is -0.462 e. The second-order valence-corrected chi connectivity index (χ2v) is 15.6. The molecule has 0 amide bonds. The predicted octanol–water partition coefficient (Wildman–Crippen LogP) is 15.3. The Kier molecular flexibility index (Phi) is 43.5. The average molecular weight is 797 g/mol. The number of rotatable bonds is 42. The summed E-state index contributed by atoms with van der Waals surface area (Å²) in [7, 11) is 0. The van der Waals surface area contributed by atoms with E-state index in [9.17, 15) is 14.4 Å². The van der Waals surface area contributed by atoms with Crippen LogP contribution in [-0.2, 0) is 28.6 Å². The molecule has 0 aliphatic rings. The second-order valence-electron chi connectivity index (χ2n) is 15.6. The molecular weight excluding hydrogens is 709 g/mol. The summed E-state index contributed by atoms with van der Waals surface area (Å²) in [4.78, 5) is 37.7. The van der Waals surface area contributed by atoms with Crippen LogP contribution in [0, 0.1) is 0 Å². The number of carbonyl (C=O) groups is 3. The van der Waals surface area contributed by atoms with Gasteiger partial charge in [-0.1, -0.05) is 210 Å². The monoisotopic (exact) mass is 797 g/mol. The number of hydrogen-bond acceptors (Lipinski definition) is 6. The molecule has 0 spiro atoms. The molecular formula is C51H88O6. The Balaban J connectivity index is 4.37. The fourth-order valence-corrected chi connectivity index (χ4v) is 6.48. The summed E-state index contributed by atoms with van der Waals surface area (Å²) in [6, 6.07) is 0. The first-order chi connectivity index (χ1) is 28.0. The predicted molar refractivity (Wildman–Crippen MR) is 242 cm³/mol. The van der Waals surface area contributed by atoms with Gasteiger partial charge in [0.1, 0.15) is 13.2 Å². The van der Waals surface area contributed by atoms with Gasteiger partial charge in [0.15, 0.2) is 6.10 Å². The van der Waals surface area contributed by atoms with Crippen LogP contribution in [0.3, 0.4) is 0 Å². The van der Waals surface area contributed by atoms with E-state index in [2.05, 4.69) is 81.5 Å². The molecule has 1 atom stereocenters. The fraction of sp³-hybridized carbons (Fsp3) is 0.745. The van der Waals surface area contributed by atoms with Crippen LogP contribution in [0.5, 0.6) is 0 Å². The van der Waals surface area contributed by atoms with Crippen LogP contribution < -0.4 is 0 Å². The first-order valence-corrected chi connectivity index (χ1v) is 23.8. The third-order valence-electron chi connectivity index (χ3n) is 10.0. The maximum absolute atomic E-state index is 12.7. The van der Waals surface area contributed by atoms with Gasteiger partial charge in [-0.05, 0) is 57.8 Å². The van der Waals surface area contributed by atoms with Gasteiger partial charge in [0.2, 0.25) is 0 Å². The molecule has 0 saturated carbocycles. The lowest BCUT2D eigenvalue weighted by Gasteiger charge is -2.18. The molecule has 6 heteroatoms. The van der Waals surface area contributed by atoms with Crippen LogP contribution >= 0.6 is 0 Å². The van der Waals surface area contributed by atoms with Gasteiger partial charge in [-0.3, -0.25) is 14.4 Å². The van der Waals surface area contributed by atoms with Crippen LogP contribution in [-0.4, -0.2) is 37.2 Å². The van der Waals surface area contributed by atoms with Gasteiger partial charge in [-0.25, -0.2) is 0 Å². The Bertz CT molecular complexity index is 1050. The number of esters is 3. The van der Waals surface area contributed by atoms with Crippen molar-refractivity contribution in [2.24, 2.45) is 0 Å². The molecule has 0 heterocycles. The van der Waals surface area contributed by atoms with Crippen LogP contribution in [0.25, 0.3) is 0 Å². The first-order valence-electron chi connectivity index (χ1n) is 23.8. The summed E-state index contributed by atoms with van der Waals surface area (Å²) in [5, 5.41) is 0. The first kappa shape index (κ1) is 54.1. The topological polar surface area (TPSA) is 78.9 Å². The summed E-state index contributed by atoms with van der Waals surface area (Å²) in [6.45, 7) is 6.43. The molecule has 0 bridgehead atoms. The minimum absolute atomic E-state index is 0.0900. The van der Waals surface area contributed by atoms with E-state index < -0.39 is 6.10 Å². The van der Waals surface area contributed by atoms with Crippen molar-refractivity contribution in [1.82, 2.24) is 0 Å². The van der Waals surface area contributed by atoms with Crippen molar-refractivity contribution in [3.8, 4) is 0 Å².